The van der Waals surface area contributed by atoms with E-state index in [4.69, 9.17) is 11.0 Å². The van der Waals surface area contributed by atoms with Gasteiger partial charge in [0.15, 0.2) is 11.3 Å². The van der Waals surface area contributed by atoms with Crippen molar-refractivity contribution < 1.29 is 31.0 Å². The fourth-order valence-electron chi connectivity index (χ4n) is 0.0551. The molecule has 0 unspecified atom stereocenters. The third kappa shape index (κ3) is 10.7. The molecule has 0 heterocycles. The van der Waals surface area contributed by atoms with E-state index in [1.54, 1.807) is 6.19 Å². The Hall–Kier alpha value is 0.180. The van der Waals surface area contributed by atoms with Gasteiger partial charge < -0.3 is 7.16 Å². The molecule has 0 aromatic carbocycles. The van der Waals surface area contributed by atoms with Crippen LogP contribution >= 0.6 is 12.2 Å². The predicted molar refractivity (Wildman–Crippen MR) is 26.6 cm³/mol. The summed E-state index contributed by atoms with van der Waals surface area (Å²) in [7, 11) is 0. The van der Waals surface area contributed by atoms with E-state index in [2.05, 4.69) is 12.2 Å². The number of rotatable bonds is 0. The van der Waals surface area contributed by atoms with Crippen molar-refractivity contribution in [3.05, 3.63) is 0 Å². The van der Waals surface area contributed by atoms with Gasteiger partial charge in [0.05, 0.1) is 0 Å². The number of hydrogen-bond acceptors (Lipinski definition) is 2. The molecule has 0 aliphatic heterocycles. The van der Waals surface area contributed by atoms with Crippen molar-refractivity contribution >= 4 is 17.3 Å². The van der Waals surface area contributed by atoms with Gasteiger partial charge in [-0.25, -0.2) is 0 Å². The third-order valence-electron chi connectivity index (χ3n) is 0.179. The van der Waals surface area contributed by atoms with Crippen molar-refractivity contribution in [2.24, 2.45) is 5.73 Å². The molecule has 0 bridgehead atoms. The standard InChI is InChI=1S/C2H3N3S.Na.H/c3-1-5-2(4)6;;/h(H3,4,5,6);;/q;+1;-1. The van der Waals surface area contributed by atoms with Gasteiger partial charge in [0.25, 0.3) is 0 Å². The zero-order chi connectivity index (χ0) is 4.99. The smallest absolute Gasteiger partial charge is 1.00 e. The quantitative estimate of drug-likeness (QED) is 0.152. The minimum atomic E-state index is 0. The van der Waals surface area contributed by atoms with E-state index in [1.165, 1.54) is 0 Å². The summed E-state index contributed by atoms with van der Waals surface area (Å²) in [5.41, 5.74) is 4.80. The molecule has 7 heavy (non-hydrogen) atoms. The molecule has 5 heteroatoms. The van der Waals surface area contributed by atoms with E-state index < -0.39 is 0 Å². The minimum absolute atomic E-state index is 0. The first-order chi connectivity index (χ1) is 2.77. The van der Waals surface area contributed by atoms with Crippen LogP contribution in [-0.2, 0) is 0 Å². The molecule has 0 saturated carbocycles. The molecule has 0 rings (SSSR count). The predicted octanol–water partition coefficient (Wildman–Crippen LogP) is -3.58. The van der Waals surface area contributed by atoms with Gasteiger partial charge in [-0.1, -0.05) is 0 Å². The van der Waals surface area contributed by atoms with E-state index in [1.807, 2.05) is 5.32 Å². The average molecular weight is 125 g/mol. The van der Waals surface area contributed by atoms with Crippen LogP contribution in [0.5, 0.6) is 0 Å². The summed E-state index contributed by atoms with van der Waals surface area (Å²) in [6, 6.07) is 0. The Morgan fingerprint density at radius 1 is 2.00 bits per heavy atom. The Kier molecular flexibility index (Phi) is 9.02. The van der Waals surface area contributed by atoms with Gasteiger partial charge >= 0.3 is 29.6 Å². The van der Waals surface area contributed by atoms with Crippen LogP contribution < -0.4 is 40.6 Å². The van der Waals surface area contributed by atoms with E-state index in [0.717, 1.165) is 0 Å². The van der Waals surface area contributed by atoms with Gasteiger partial charge in [-0.15, -0.1) is 0 Å². The van der Waals surface area contributed by atoms with Crippen molar-refractivity contribution in [1.82, 2.24) is 5.32 Å². The van der Waals surface area contributed by atoms with Gasteiger partial charge in [-0.05, 0) is 12.2 Å². The van der Waals surface area contributed by atoms with E-state index in [0.29, 0.717) is 0 Å². The van der Waals surface area contributed by atoms with Crippen LogP contribution in [0, 0.1) is 11.5 Å². The van der Waals surface area contributed by atoms with Crippen LogP contribution in [0.2, 0.25) is 0 Å². The maximum atomic E-state index is 7.71. The van der Waals surface area contributed by atoms with Crippen LogP contribution in [0.25, 0.3) is 0 Å². The number of nitrogens with zero attached hydrogens (tertiary/aromatic N) is 1. The maximum absolute atomic E-state index is 7.71. The number of nitrogens with one attached hydrogen (secondary N) is 1. The van der Waals surface area contributed by atoms with Gasteiger partial charge in [0.1, 0.15) is 0 Å². The summed E-state index contributed by atoms with van der Waals surface area (Å²) in [4.78, 5) is 0. The SMILES string of the molecule is N#CNC(N)=S.[H-].[Na+]. The van der Waals surface area contributed by atoms with Crippen LogP contribution in [0.1, 0.15) is 1.43 Å². The van der Waals surface area contributed by atoms with Crippen LogP contribution in [-0.4, -0.2) is 5.11 Å². The zero-order valence-corrected chi connectivity index (χ0v) is 6.75. The van der Waals surface area contributed by atoms with Crippen molar-refractivity contribution in [3.63, 3.8) is 0 Å². The molecule has 0 aliphatic carbocycles. The van der Waals surface area contributed by atoms with Crippen LogP contribution in [0.15, 0.2) is 0 Å². The average Bonchev–Trinajstić information content (AvgIpc) is 1.35. The van der Waals surface area contributed by atoms with Crippen molar-refractivity contribution in [2.75, 3.05) is 0 Å². The normalized spacial score (nSPS) is 5.00. The van der Waals surface area contributed by atoms with E-state index in [9.17, 15) is 0 Å². The first-order valence-electron chi connectivity index (χ1n) is 1.22. The molecule has 0 atom stereocenters. The van der Waals surface area contributed by atoms with Gasteiger partial charge in [0, 0.05) is 0 Å². The summed E-state index contributed by atoms with van der Waals surface area (Å²) in [6.45, 7) is 0. The Labute approximate surface area is 70.6 Å². The molecule has 0 aliphatic rings. The van der Waals surface area contributed by atoms with E-state index >= 15 is 0 Å². The Bertz CT molecular complexity index is 99.9. The molecule has 3 N–H and O–H groups in total. The summed E-state index contributed by atoms with van der Waals surface area (Å²) in [5.74, 6) is 0. The van der Waals surface area contributed by atoms with Crippen LogP contribution in [0.4, 0.5) is 0 Å². The molecule has 0 saturated heterocycles. The molecule has 34 valence electrons. The molecule has 0 spiro atoms. The Balaban J connectivity index is -0.000000125. The topological polar surface area (TPSA) is 61.8 Å². The zero-order valence-electron chi connectivity index (χ0n) is 4.93. The Morgan fingerprint density at radius 3 is 2.43 bits per heavy atom. The third-order valence-corrected chi connectivity index (χ3v) is 0.281. The monoisotopic (exact) mass is 125 g/mol. The minimum Gasteiger partial charge on any atom is -1.00 e. The molecular weight excluding hydrogens is 121 g/mol. The van der Waals surface area contributed by atoms with E-state index in [-0.39, 0.29) is 36.1 Å². The first-order valence-corrected chi connectivity index (χ1v) is 1.62. The molecule has 0 aromatic heterocycles. The number of nitriles is 1. The van der Waals surface area contributed by atoms with Crippen LogP contribution in [0.3, 0.4) is 0 Å². The summed E-state index contributed by atoms with van der Waals surface area (Å²) in [6.07, 6.45) is 1.55. The molecular formula is C2H4N3NaS. The largest absolute Gasteiger partial charge is 1.00 e. The second kappa shape index (κ2) is 6.18. The first kappa shape index (κ1) is 10.2. The van der Waals surface area contributed by atoms with Gasteiger partial charge in [-0.2, -0.15) is 5.26 Å². The number of nitrogens with two attached hydrogens (primary N) is 1. The van der Waals surface area contributed by atoms with Gasteiger partial charge in [-0.3, -0.25) is 5.32 Å². The summed E-state index contributed by atoms with van der Waals surface area (Å²) >= 11 is 4.24. The molecule has 0 radical (unpaired) electrons. The molecule has 0 amide bonds. The number of hydrogen-bond donors (Lipinski definition) is 2. The molecule has 0 aromatic rings. The van der Waals surface area contributed by atoms with Crippen molar-refractivity contribution in [2.45, 2.75) is 0 Å². The fraction of sp³-hybridized carbons (Fsp3) is 0. The van der Waals surface area contributed by atoms with Gasteiger partial charge in [0.2, 0.25) is 0 Å². The maximum Gasteiger partial charge on any atom is 1.00 e. The second-order valence-corrected chi connectivity index (χ2v) is 1.04. The Morgan fingerprint density at radius 2 is 2.43 bits per heavy atom. The summed E-state index contributed by atoms with van der Waals surface area (Å²) < 4.78 is 0. The summed E-state index contributed by atoms with van der Waals surface area (Å²) in [5, 5.41) is 9.74. The van der Waals surface area contributed by atoms with Crippen molar-refractivity contribution in [3.8, 4) is 6.19 Å². The fourth-order valence-corrected chi connectivity index (χ4v) is 0.101. The molecule has 3 nitrogen and oxygen atoms in total. The second-order valence-electron chi connectivity index (χ2n) is 0.601. The van der Waals surface area contributed by atoms with Crippen molar-refractivity contribution in [1.29, 1.82) is 5.26 Å². The molecule has 0 fully saturated rings. The number of thiocarbonyl (C=S) groups is 1.